The van der Waals surface area contributed by atoms with E-state index in [9.17, 15) is 4.79 Å². The standard InChI is InChI=1S/C21H27NO3/c1-12(2)14-7-9-15(10-8-14)20(23)16-11-17(24-5)21(25-6)19(22)18(16)13(3)4/h7-13H,22H2,1-6H3. The molecule has 0 atom stereocenters. The Hall–Kier alpha value is -2.49. The topological polar surface area (TPSA) is 61.5 Å². The summed E-state index contributed by atoms with van der Waals surface area (Å²) in [6.07, 6.45) is 0. The predicted octanol–water partition coefficient (Wildman–Crippen LogP) is 4.76. The van der Waals surface area contributed by atoms with Crippen molar-refractivity contribution >= 4 is 11.5 Å². The number of rotatable bonds is 6. The number of nitrogen functional groups attached to an aromatic ring is 1. The van der Waals surface area contributed by atoms with Gasteiger partial charge in [0.2, 0.25) is 0 Å². The highest BCUT2D eigenvalue weighted by Crippen LogP contribution is 2.41. The molecular weight excluding hydrogens is 314 g/mol. The minimum absolute atomic E-state index is 0.0633. The molecule has 0 aliphatic carbocycles. The van der Waals surface area contributed by atoms with Crippen molar-refractivity contribution < 1.29 is 14.3 Å². The van der Waals surface area contributed by atoms with Gasteiger partial charge in [-0.2, -0.15) is 0 Å². The van der Waals surface area contributed by atoms with Crippen LogP contribution in [0.4, 0.5) is 5.69 Å². The van der Waals surface area contributed by atoms with Gasteiger partial charge in [0, 0.05) is 11.1 Å². The Labute approximate surface area is 150 Å². The van der Waals surface area contributed by atoms with Crippen molar-refractivity contribution in [1.82, 2.24) is 0 Å². The molecule has 0 saturated heterocycles. The number of methoxy groups -OCH3 is 2. The second-order valence-corrected chi connectivity index (χ2v) is 6.75. The Balaban J connectivity index is 2.60. The molecular formula is C21H27NO3. The molecule has 4 heteroatoms. The lowest BCUT2D eigenvalue weighted by molar-refractivity contribution is 0.103. The average molecular weight is 341 g/mol. The molecule has 0 spiro atoms. The summed E-state index contributed by atoms with van der Waals surface area (Å²) >= 11 is 0. The number of ether oxygens (including phenoxy) is 2. The van der Waals surface area contributed by atoms with Gasteiger partial charge in [-0.1, -0.05) is 52.0 Å². The van der Waals surface area contributed by atoms with Crippen LogP contribution in [-0.4, -0.2) is 20.0 Å². The first-order valence-electron chi connectivity index (χ1n) is 8.50. The fourth-order valence-corrected chi connectivity index (χ4v) is 3.02. The van der Waals surface area contributed by atoms with Gasteiger partial charge in [-0.25, -0.2) is 0 Å². The quantitative estimate of drug-likeness (QED) is 0.607. The summed E-state index contributed by atoms with van der Waals surface area (Å²) in [6, 6.07) is 9.46. The fourth-order valence-electron chi connectivity index (χ4n) is 3.02. The van der Waals surface area contributed by atoms with Gasteiger partial charge in [0.1, 0.15) is 0 Å². The van der Waals surface area contributed by atoms with Gasteiger partial charge in [-0.05, 0) is 29.0 Å². The number of benzene rings is 2. The van der Waals surface area contributed by atoms with Crippen LogP contribution >= 0.6 is 0 Å². The van der Waals surface area contributed by atoms with Crippen LogP contribution in [-0.2, 0) is 0 Å². The number of hydrogen-bond donors (Lipinski definition) is 1. The lowest BCUT2D eigenvalue weighted by Gasteiger charge is -2.20. The van der Waals surface area contributed by atoms with E-state index in [0.29, 0.717) is 34.2 Å². The maximum Gasteiger partial charge on any atom is 0.193 e. The zero-order valence-corrected chi connectivity index (χ0v) is 15.8. The van der Waals surface area contributed by atoms with E-state index < -0.39 is 0 Å². The lowest BCUT2D eigenvalue weighted by Crippen LogP contribution is -2.11. The molecule has 0 heterocycles. The summed E-state index contributed by atoms with van der Waals surface area (Å²) in [7, 11) is 3.09. The third-order valence-electron chi connectivity index (χ3n) is 4.41. The molecule has 4 nitrogen and oxygen atoms in total. The largest absolute Gasteiger partial charge is 0.493 e. The lowest BCUT2D eigenvalue weighted by atomic mass is 9.89. The molecule has 0 amide bonds. The van der Waals surface area contributed by atoms with Crippen molar-refractivity contribution in [1.29, 1.82) is 0 Å². The molecule has 0 unspecified atom stereocenters. The highest BCUT2D eigenvalue weighted by atomic mass is 16.5. The Kier molecular flexibility index (Phi) is 5.73. The van der Waals surface area contributed by atoms with Crippen LogP contribution in [0.3, 0.4) is 0 Å². The van der Waals surface area contributed by atoms with Crippen LogP contribution in [0.1, 0.15) is 66.6 Å². The molecule has 134 valence electrons. The highest BCUT2D eigenvalue weighted by molar-refractivity contribution is 6.11. The van der Waals surface area contributed by atoms with Crippen LogP contribution < -0.4 is 15.2 Å². The maximum absolute atomic E-state index is 13.1. The van der Waals surface area contributed by atoms with Gasteiger partial charge in [0.15, 0.2) is 17.3 Å². The van der Waals surface area contributed by atoms with Gasteiger partial charge in [0.05, 0.1) is 19.9 Å². The summed E-state index contributed by atoms with van der Waals surface area (Å²) in [4.78, 5) is 13.1. The summed E-state index contributed by atoms with van der Waals surface area (Å²) in [5.41, 5.74) is 9.94. The highest BCUT2D eigenvalue weighted by Gasteiger charge is 2.24. The Morgan fingerprint density at radius 2 is 1.56 bits per heavy atom. The molecule has 0 aliphatic rings. The van der Waals surface area contributed by atoms with Crippen molar-refractivity contribution in [3.8, 4) is 11.5 Å². The van der Waals surface area contributed by atoms with Gasteiger partial charge in [0.25, 0.3) is 0 Å². The maximum atomic E-state index is 13.1. The monoisotopic (exact) mass is 341 g/mol. The summed E-state index contributed by atoms with van der Waals surface area (Å²) < 4.78 is 10.8. The molecule has 0 saturated carbocycles. The number of nitrogens with two attached hydrogens (primary N) is 1. The first kappa shape index (κ1) is 18.8. The van der Waals surface area contributed by atoms with Crippen LogP contribution in [0.2, 0.25) is 0 Å². The van der Waals surface area contributed by atoms with Crippen LogP contribution in [0.25, 0.3) is 0 Å². The zero-order chi connectivity index (χ0) is 18.7. The molecule has 2 rings (SSSR count). The second-order valence-electron chi connectivity index (χ2n) is 6.75. The van der Waals surface area contributed by atoms with E-state index in [-0.39, 0.29) is 11.7 Å². The van der Waals surface area contributed by atoms with Crippen LogP contribution in [0.15, 0.2) is 30.3 Å². The Bertz CT molecular complexity index is 762. The first-order chi connectivity index (χ1) is 11.8. The molecule has 0 bridgehead atoms. The van der Waals surface area contributed by atoms with E-state index in [1.807, 2.05) is 38.1 Å². The minimum atomic E-state index is -0.0633. The molecule has 2 aromatic rings. The SMILES string of the molecule is COc1cc(C(=O)c2ccc(C(C)C)cc2)c(C(C)C)c(N)c1OC. The number of hydrogen-bond acceptors (Lipinski definition) is 4. The van der Waals surface area contributed by atoms with Gasteiger partial charge in [-0.3, -0.25) is 4.79 Å². The van der Waals surface area contributed by atoms with E-state index in [4.69, 9.17) is 15.2 Å². The van der Waals surface area contributed by atoms with Crippen molar-refractivity contribution in [3.05, 3.63) is 52.6 Å². The van der Waals surface area contributed by atoms with Crippen LogP contribution in [0, 0.1) is 0 Å². The Morgan fingerprint density at radius 3 is 2.00 bits per heavy atom. The normalized spacial score (nSPS) is 11.0. The number of ketones is 1. The molecule has 2 N–H and O–H groups in total. The molecule has 2 aromatic carbocycles. The van der Waals surface area contributed by atoms with E-state index in [1.54, 1.807) is 13.2 Å². The number of anilines is 1. The fraction of sp³-hybridized carbons (Fsp3) is 0.381. The van der Waals surface area contributed by atoms with Crippen molar-refractivity contribution in [2.24, 2.45) is 0 Å². The van der Waals surface area contributed by atoms with Gasteiger partial charge in [-0.15, -0.1) is 0 Å². The van der Waals surface area contributed by atoms with Gasteiger partial charge >= 0.3 is 0 Å². The zero-order valence-electron chi connectivity index (χ0n) is 15.8. The van der Waals surface area contributed by atoms with E-state index >= 15 is 0 Å². The molecule has 0 aliphatic heterocycles. The Morgan fingerprint density at radius 1 is 0.960 bits per heavy atom. The summed E-state index contributed by atoms with van der Waals surface area (Å²) in [5, 5.41) is 0. The molecule has 0 radical (unpaired) electrons. The molecule has 0 aromatic heterocycles. The van der Waals surface area contributed by atoms with Gasteiger partial charge < -0.3 is 15.2 Å². The summed E-state index contributed by atoms with van der Waals surface area (Å²) in [5.74, 6) is 1.37. The van der Waals surface area contributed by atoms with Crippen molar-refractivity contribution in [2.45, 2.75) is 39.5 Å². The third-order valence-corrected chi connectivity index (χ3v) is 4.41. The van der Waals surface area contributed by atoms with E-state index in [2.05, 4.69) is 13.8 Å². The smallest absolute Gasteiger partial charge is 0.193 e. The number of carbonyl (C=O) groups excluding carboxylic acids is 1. The minimum Gasteiger partial charge on any atom is -0.493 e. The third kappa shape index (κ3) is 3.63. The van der Waals surface area contributed by atoms with Crippen molar-refractivity contribution in [2.75, 3.05) is 20.0 Å². The van der Waals surface area contributed by atoms with E-state index in [0.717, 1.165) is 5.56 Å². The number of carbonyl (C=O) groups is 1. The van der Waals surface area contributed by atoms with E-state index in [1.165, 1.54) is 12.7 Å². The first-order valence-corrected chi connectivity index (χ1v) is 8.50. The molecule has 25 heavy (non-hydrogen) atoms. The average Bonchev–Trinajstić information content (AvgIpc) is 2.59. The summed E-state index contributed by atoms with van der Waals surface area (Å²) in [6.45, 7) is 8.28. The van der Waals surface area contributed by atoms with Crippen LogP contribution in [0.5, 0.6) is 11.5 Å². The molecule has 0 fully saturated rings. The second kappa shape index (κ2) is 7.60. The predicted molar refractivity (Wildman–Crippen MR) is 102 cm³/mol. The van der Waals surface area contributed by atoms with Crippen molar-refractivity contribution in [3.63, 3.8) is 0 Å².